The predicted octanol–water partition coefficient (Wildman–Crippen LogP) is 2.99. The third-order valence-corrected chi connectivity index (χ3v) is 7.53. The molecule has 1 heterocycles. The SMILES string of the molecule is CCOC(=O)Oc1cc2ccc(S(=O)(=O)C3SC(=O)NC3=O)cc2cc1OC(=O)OCC. The number of fused-ring (bicyclic) bond motifs is 1. The highest BCUT2D eigenvalue weighted by molar-refractivity contribution is 8.24. The topological polar surface area (TPSA) is 151 Å². The number of sulfone groups is 1. The summed E-state index contributed by atoms with van der Waals surface area (Å²) in [6.45, 7) is 3.23. The lowest BCUT2D eigenvalue weighted by atomic mass is 10.1. The van der Waals surface area contributed by atoms with Gasteiger partial charge in [0.15, 0.2) is 25.9 Å². The van der Waals surface area contributed by atoms with Crippen LogP contribution in [-0.2, 0) is 24.1 Å². The molecule has 1 unspecified atom stereocenters. The number of carbonyl (C=O) groups excluding carboxylic acids is 4. The molecule has 2 amide bonds. The first-order valence-electron chi connectivity index (χ1n) is 9.18. The van der Waals surface area contributed by atoms with E-state index < -0.39 is 37.9 Å². The molecule has 2 aromatic rings. The first-order valence-corrected chi connectivity index (χ1v) is 11.6. The van der Waals surface area contributed by atoms with E-state index in [9.17, 15) is 27.6 Å². The summed E-state index contributed by atoms with van der Waals surface area (Å²) in [5.41, 5.74) is 0. The first-order chi connectivity index (χ1) is 15.1. The molecule has 13 heteroatoms. The molecule has 32 heavy (non-hydrogen) atoms. The summed E-state index contributed by atoms with van der Waals surface area (Å²) >= 11 is 0.367. The number of benzene rings is 2. The van der Waals surface area contributed by atoms with Gasteiger partial charge in [-0.3, -0.25) is 14.9 Å². The smallest absolute Gasteiger partial charge is 0.434 e. The summed E-state index contributed by atoms with van der Waals surface area (Å²) in [6.07, 6.45) is -2.10. The summed E-state index contributed by atoms with van der Waals surface area (Å²) in [4.78, 5) is 46.5. The van der Waals surface area contributed by atoms with Gasteiger partial charge in [-0.05, 0) is 60.6 Å². The third-order valence-electron chi connectivity index (χ3n) is 4.05. The van der Waals surface area contributed by atoms with Crippen LogP contribution in [0.4, 0.5) is 14.4 Å². The molecule has 170 valence electrons. The Labute approximate surface area is 186 Å². The zero-order chi connectivity index (χ0) is 23.5. The molecular formula is C19H17NO10S2. The van der Waals surface area contributed by atoms with E-state index in [1.807, 2.05) is 5.32 Å². The van der Waals surface area contributed by atoms with Crippen molar-refractivity contribution in [3.05, 3.63) is 30.3 Å². The fourth-order valence-corrected chi connectivity index (χ4v) is 5.47. The number of amides is 2. The maximum Gasteiger partial charge on any atom is 0.513 e. The summed E-state index contributed by atoms with van der Waals surface area (Å²) in [6, 6.07) is 6.51. The normalized spacial score (nSPS) is 15.9. The number of imide groups is 1. The molecule has 1 N–H and O–H groups in total. The average Bonchev–Trinajstić information content (AvgIpc) is 3.07. The molecule has 0 spiro atoms. The number of hydrogen-bond donors (Lipinski definition) is 1. The van der Waals surface area contributed by atoms with Crippen LogP contribution >= 0.6 is 11.8 Å². The number of nitrogens with one attached hydrogen (secondary N) is 1. The van der Waals surface area contributed by atoms with Crippen molar-refractivity contribution in [2.24, 2.45) is 0 Å². The monoisotopic (exact) mass is 483 g/mol. The quantitative estimate of drug-likeness (QED) is 0.477. The largest absolute Gasteiger partial charge is 0.513 e. The minimum Gasteiger partial charge on any atom is -0.434 e. The van der Waals surface area contributed by atoms with Gasteiger partial charge in [0, 0.05) is 0 Å². The Hall–Kier alpha value is -3.32. The van der Waals surface area contributed by atoms with Gasteiger partial charge >= 0.3 is 12.3 Å². The van der Waals surface area contributed by atoms with Crippen molar-refractivity contribution >= 4 is 55.8 Å². The molecule has 0 aromatic heterocycles. The van der Waals surface area contributed by atoms with Crippen LogP contribution in [0.3, 0.4) is 0 Å². The van der Waals surface area contributed by atoms with Crippen molar-refractivity contribution in [1.82, 2.24) is 5.32 Å². The van der Waals surface area contributed by atoms with Gasteiger partial charge < -0.3 is 18.9 Å². The fourth-order valence-electron chi connectivity index (χ4n) is 2.71. The van der Waals surface area contributed by atoms with Crippen molar-refractivity contribution in [1.29, 1.82) is 0 Å². The highest BCUT2D eigenvalue weighted by Crippen LogP contribution is 2.36. The minimum atomic E-state index is -4.20. The summed E-state index contributed by atoms with van der Waals surface area (Å²) in [5, 5.41) is 1.90. The molecule has 11 nitrogen and oxygen atoms in total. The predicted molar refractivity (Wildman–Crippen MR) is 111 cm³/mol. The molecule has 1 aliphatic heterocycles. The molecule has 1 saturated heterocycles. The van der Waals surface area contributed by atoms with Crippen LogP contribution in [0.1, 0.15) is 13.8 Å². The fraction of sp³-hybridized carbons (Fsp3) is 0.263. The summed E-state index contributed by atoms with van der Waals surface area (Å²) in [7, 11) is -4.20. The van der Waals surface area contributed by atoms with Crippen LogP contribution in [0, 0.1) is 0 Å². The maximum atomic E-state index is 12.8. The first kappa shape index (κ1) is 23.3. The molecule has 0 bridgehead atoms. The molecule has 1 atom stereocenters. The molecule has 1 aliphatic rings. The lowest BCUT2D eigenvalue weighted by molar-refractivity contribution is -0.117. The van der Waals surface area contributed by atoms with Crippen LogP contribution in [0.2, 0.25) is 0 Å². The second-order valence-electron chi connectivity index (χ2n) is 6.15. The lowest BCUT2D eigenvalue weighted by Crippen LogP contribution is -2.30. The molecule has 3 rings (SSSR count). The third kappa shape index (κ3) is 4.94. The van der Waals surface area contributed by atoms with Gasteiger partial charge in [-0.1, -0.05) is 6.07 Å². The number of rotatable bonds is 6. The summed E-state index contributed by atoms with van der Waals surface area (Å²) in [5.74, 6) is -1.30. The van der Waals surface area contributed by atoms with Crippen molar-refractivity contribution < 1.29 is 46.5 Å². The molecule has 0 radical (unpaired) electrons. The van der Waals surface area contributed by atoms with Crippen molar-refractivity contribution in [3.63, 3.8) is 0 Å². The molecule has 0 aliphatic carbocycles. The number of hydrogen-bond acceptors (Lipinski definition) is 11. The zero-order valence-electron chi connectivity index (χ0n) is 16.8. The van der Waals surface area contributed by atoms with Gasteiger partial charge in [0.1, 0.15) is 0 Å². The van der Waals surface area contributed by atoms with E-state index in [1.54, 1.807) is 13.8 Å². The van der Waals surface area contributed by atoms with E-state index in [4.69, 9.17) is 18.9 Å². The lowest BCUT2D eigenvalue weighted by Gasteiger charge is -2.13. The molecular weight excluding hydrogens is 466 g/mol. The Bertz CT molecular complexity index is 1210. The Balaban J connectivity index is 2.04. The van der Waals surface area contributed by atoms with Crippen LogP contribution in [0.5, 0.6) is 11.5 Å². The average molecular weight is 483 g/mol. The van der Waals surface area contributed by atoms with Crippen molar-refractivity contribution in [2.75, 3.05) is 13.2 Å². The van der Waals surface area contributed by atoms with E-state index in [-0.39, 0.29) is 35.0 Å². The Morgan fingerprint density at radius 1 is 0.938 bits per heavy atom. The van der Waals surface area contributed by atoms with Crippen molar-refractivity contribution in [2.45, 2.75) is 23.3 Å². The number of thioether (sulfide) groups is 1. The van der Waals surface area contributed by atoms with Gasteiger partial charge in [-0.25, -0.2) is 18.0 Å². The van der Waals surface area contributed by atoms with Gasteiger partial charge in [0.2, 0.25) is 0 Å². The zero-order valence-corrected chi connectivity index (χ0v) is 18.4. The van der Waals surface area contributed by atoms with E-state index >= 15 is 0 Å². The second kappa shape index (κ2) is 9.44. The number of carbonyl (C=O) groups is 4. The van der Waals surface area contributed by atoms with E-state index in [2.05, 4.69) is 0 Å². The van der Waals surface area contributed by atoms with Gasteiger partial charge in [0.05, 0.1) is 18.1 Å². The minimum absolute atomic E-state index is 0.0305. The Morgan fingerprint density at radius 2 is 1.50 bits per heavy atom. The molecule has 1 fully saturated rings. The second-order valence-corrected chi connectivity index (χ2v) is 9.56. The van der Waals surface area contributed by atoms with Crippen LogP contribution in [0.25, 0.3) is 10.8 Å². The highest BCUT2D eigenvalue weighted by Gasteiger charge is 2.42. The Morgan fingerprint density at radius 3 is 2.00 bits per heavy atom. The van der Waals surface area contributed by atoms with E-state index in [1.165, 1.54) is 30.3 Å². The van der Waals surface area contributed by atoms with E-state index in [0.29, 0.717) is 17.1 Å². The van der Waals surface area contributed by atoms with Crippen LogP contribution < -0.4 is 14.8 Å². The standard InChI is InChI=1S/C19H17NO10S2/c1-3-27-18(23)29-13-8-10-5-6-12(32(25,26)16-15(21)20-17(22)31-16)7-11(10)9-14(13)30-19(24)28-4-2/h5-9,16H,3-4H2,1-2H3,(H,20,21,22). The highest BCUT2D eigenvalue weighted by atomic mass is 32.3. The molecule has 2 aromatic carbocycles. The maximum absolute atomic E-state index is 12.8. The van der Waals surface area contributed by atoms with E-state index in [0.717, 1.165) is 0 Å². The van der Waals surface area contributed by atoms with Crippen LogP contribution in [-0.4, -0.2) is 49.7 Å². The van der Waals surface area contributed by atoms with Crippen molar-refractivity contribution in [3.8, 4) is 11.5 Å². The molecule has 0 saturated carbocycles. The summed E-state index contributed by atoms with van der Waals surface area (Å²) < 4.78 is 43.7. The number of ether oxygens (including phenoxy) is 4. The van der Waals surface area contributed by atoms with Gasteiger partial charge in [0.25, 0.3) is 11.1 Å². The van der Waals surface area contributed by atoms with Crippen LogP contribution in [0.15, 0.2) is 35.2 Å². The van der Waals surface area contributed by atoms with Gasteiger partial charge in [-0.15, -0.1) is 0 Å². The van der Waals surface area contributed by atoms with Gasteiger partial charge in [-0.2, -0.15) is 0 Å². The Kier molecular flexibility index (Phi) is 6.89.